The predicted molar refractivity (Wildman–Crippen MR) is 102 cm³/mol. The summed E-state index contributed by atoms with van der Waals surface area (Å²) in [7, 11) is -1.66. The molecule has 8 nitrogen and oxygen atoms in total. The van der Waals surface area contributed by atoms with Crippen LogP contribution in [0.25, 0.3) is 11.0 Å². The van der Waals surface area contributed by atoms with Gasteiger partial charge in [0.15, 0.2) is 21.4 Å². The Morgan fingerprint density at radius 1 is 1.29 bits per heavy atom. The minimum Gasteiger partial charge on any atom is -0.449 e. The van der Waals surface area contributed by atoms with E-state index in [4.69, 9.17) is 9.15 Å². The molecule has 1 aromatic carbocycles. The molecule has 2 atom stereocenters. The highest BCUT2D eigenvalue weighted by molar-refractivity contribution is 7.91. The van der Waals surface area contributed by atoms with Crippen molar-refractivity contribution < 1.29 is 27.2 Å². The fourth-order valence-corrected chi connectivity index (χ4v) is 4.96. The van der Waals surface area contributed by atoms with Crippen molar-refractivity contribution in [3.05, 3.63) is 45.8 Å². The minimum atomic E-state index is -3.15. The van der Waals surface area contributed by atoms with Crippen LogP contribution in [0.15, 0.2) is 33.5 Å². The highest BCUT2D eigenvalue weighted by atomic mass is 32.2. The van der Waals surface area contributed by atoms with Crippen molar-refractivity contribution in [1.29, 1.82) is 0 Å². The Labute approximate surface area is 162 Å². The molecule has 1 amide bonds. The Bertz CT molecular complexity index is 1100. The molecule has 1 saturated heterocycles. The first-order chi connectivity index (χ1) is 13.1. The summed E-state index contributed by atoms with van der Waals surface area (Å²) in [6, 6.07) is 5.59. The molecule has 1 aliphatic rings. The molecule has 28 heavy (non-hydrogen) atoms. The van der Waals surface area contributed by atoms with Crippen LogP contribution in [0.1, 0.15) is 29.5 Å². The van der Waals surface area contributed by atoms with Crippen molar-refractivity contribution >= 4 is 32.7 Å². The number of esters is 1. The largest absolute Gasteiger partial charge is 0.449 e. The van der Waals surface area contributed by atoms with E-state index < -0.39 is 33.9 Å². The van der Waals surface area contributed by atoms with Gasteiger partial charge in [0.25, 0.3) is 5.91 Å². The molecule has 2 aromatic rings. The number of fused-ring (bicyclic) bond motifs is 1. The zero-order valence-electron chi connectivity index (χ0n) is 15.8. The number of nitrogens with zero attached hydrogens (tertiary/aromatic N) is 1. The Hall–Kier alpha value is -2.68. The molecule has 0 spiro atoms. The number of sulfone groups is 1. The number of carbonyl (C=O) groups excluding carboxylic acids is 2. The van der Waals surface area contributed by atoms with E-state index in [2.05, 4.69) is 0 Å². The summed E-state index contributed by atoms with van der Waals surface area (Å²) in [6.07, 6.45) is -0.802. The number of likely N-dealkylation sites (N-methyl/N-ethyl adjacent to an activating group) is 1. The lowest BCUT2D eigenvalue weighted by atomic mass is 10.1. The number of amides is 1. The summed E-state index contributed by atoms with van der Waals surface area (Å²) in [5, 5.41) is 0.350. The number of benzene rings is 1. The van der Waals surface area contributed by atoms with Crippen molar-refractivity contribution in [3.8, 4) is 0 Å². The number of hydrogen-bond donors (Lipinski definition) is 0. The highest BCUT2D eigenvalue weighted by Gasteiger charge is 2.35. The quantitative estimate of drug-likeness (QED) is 0.702. The van der Waals surface area contributed by atoms with Gasteiger partial charge in [-0.15, -0.1) is 0 Å². The predicted octanol–water partition coefficient (Wildman–Crippen LogP) is 1.29. The molecule has 9 heteroatoms. The number of aryl methyl sites for hydroxylation is 1. The van der Waals surface area contributed by atoms with E-state index in [1.54, 1.807) is 18.2 Å². The van der Waals surface area contributed by atoms with Crippen LogP contribution in [-0.4, -0.2) is 55.9 Å². The second kappa shape index (κ2) is 7.38. The third-order valence-corrected chi connectivity index (χ3v) is 6.57. The molecule has 1 aromatic heterocycles. The van der Waals surface area contributed by atoms with Crippen molar-refractivity contribution in [2.24, 2.45) is 0 Å². The summed E-state index contributed by atoms with van der Waals surface area (Å²) in [5.41, 5.74) is 0.743. The van der Waals surface area contributed by atoms with E-state index in [9.17, 15) is 22.8 Å². The lowest BCUT2D eigenvalue weighted by Crippen LogP contribution is -2.44. The maximum absolute atomic E-state index is 12.5. The number of carbonyl (C=O) groups is 2. The van der Waals surface area contributed by atoms with Gasteiger partial charge in [0, 0.05) is 19.2 Å². The lowest BCUT2D eigenvalue weighted by molar-refractivity contribution is -0.140. The van der Waals surface area contributed by atoms with E-state index in [-0.39, 0.29) is 28.3 Å². The van der Waals surface area contributed by atoms with Crippen molar-refractivity contribution in [1.82, 2.24) is 4.90 Å². The average molecular weight is 407 g/mol. The molecule has 0 unspecified atom stereocenters. The maximum Gasteiger partial charge on any atom is 0.375 e. The zero-order chi connectivity index (χ0) is 20.6. The molecular formula is C19H21NO7S. The van der Waals surface area contributed by atoms with Gasteiger partial charge in [-0.1, -0.05) is 11.6 Å². The zero-order valence-corrected chi connectivity index (χ0v) is 16.6. The third kappa shape index (κ3) is 4.09. The first-order valence-electron chi connectivity index (χ1n) is 8.80. The van der Waals surface area contributed by atoms with Crippen LogP contribution in [0.5, 0.6) is 0 Å². The van der Waals surface area contributed by atoms with E-state index in [1.165, 1.54) is 18.9 Å². The second-order valence-electron chi connectivity index (χ2n) is 7.03. The summed E-state index contributed by atoms with van der Waals surface area (Å²) < 4.78 is 33.8. The van der Waals surface area contributed by atoms with Crippen LogP contribution < -0.4 is 5.43 Å². The van der Waals surface area contributed by atoms with Gasteiger partial charge in [0.05, 0.1) is 16.9 Å². The first kappa shape index (κ1) is 20.1. The highest BCUT2D eigenvalue weighted by Crippen LogP contribution is 2.19. The van der Waals surface area contributed by atoms with Gasteiger partial charge >= 0.3 is 5.97 Å². The summed E-state index contributed by atoms with van der Waals surface area (Å²) in [5.74, 6) is -1.82. The second-order valence-corrected chi connectivity index (χ2v) is 9.26. The van der Waals surface area contributed by atoms with Crippen LogP contribution in [0, 0.1) is 6.92 Å². The normalized spacial score (nSPS) is 19.3. The van der Waals surface area contributed by atoms with Crippen molar-refractivity contribution in [3.63, 3.8) is 0 Å². The smallest absolute Gasteiger partial charge is 0.375 e. The molecular weight excluding hydrogens is 386 g/mol. The van der Waals surface area contributed by atoms with Gasteiger partial charge in [-0.05, 0) is 32.4 Å². The van der Waals surface area contributed by atoms with Crippen molar-refractivity contribution in [2.45, 2.75) is 32.4 Å². The fourth-order valence-electron chi connectivity index (χ4n) is 3.19. The Morgan fingerprint density at radius 3 is 2.64 bits per heavy atom. The fraction of sp³-hybridized carbons (Fsp3) is 0.421. The molecule has 3 rings (SSSR count). The molecule has 0 N–H and O–H groups in total. The molecule has 0 bridgehead atoms. The summed E-state index contributed by atoms with van der Waals surface area (Å²) in [4.78, 5) is 38.3. The van der Waals surface area contributed by atoms with Gasteiger partial charge < -0.3 is 14.1 Å². The SMILES string of the molecule is Cc1ccc2oc(C(=O)O[C@H](C)C(=O)N(C)[C@@H]3CCS(=O)(=O)C3)cc(=O)c2c1. The molecule has 2 heterocycles. The molecule has 150 valence electrons. The molecule has 0 radical (unpaired) electrons. The van der Waals surface area contributed by atoms with Gasteiger partial charge in [0.2, 0.25) is 5.76 Å². The first-order valence-corrected chi connectivity index (χ1v) is 10.6. The van der Waals surface area contributed by atoms with Gasteiger partial charge in [-0.3, -0.25) is 9.59 Å². The molecule has 0 aliphatic carbocycles. The number of rotatable bonds is 4. The topological polar surface area (TPSA) is 111 Å². The van der Waals surface area contributed by atoms with Crippen LogP contribution >= 0.6 is 0 Å². The van der Waals surface area contributed by atoms with Crippen LogP contribution in [0.2, 0.25) is 0 Å². The standard InChI is InChI=1S/C19H21NO7S/c1-11-4-5-16-14(8-11)15(21)9-17(27-16)19(23)26-12(2)18(22)20(3)13-6-7-28(24,25)10-13/h4-5,8-9,12-13H,6-7,10H2,1-3H3/t12-,13-/m1/s1. The number of ether oxygens (including phenoxy) is 1. The van der Waals surface area contributed by atoms with E-state index in [0.717, 1.165) is 11.6 Å². The van der Waals surface area contributed by atoms with E-state index in [1.807, 2.05) is 6.92 Å². The molecule has 1 aliphatic heterocycles. The minimum absolute atomic E-state index is 0.0329. The van der Waals surface area contributed by atoms with Gasteiger partial charge in [0.1, 0.15) is 5.58 Å². The van der Waals surface area contributed by atoms with Gasteiger partial charge in [-0.2, -0.15) is 0 Å². The summed E-state index contributed by atoms with van der Waals surface area (Å²) >= 11 is 0. The maximum atomic E-state index is 12.5. The van der Waals surface area contributed by atoms with Crippen LogP contribution in [0.3, 0.4) is 0 Å². The van der Waals surface area contributed by atoms with Crippen LogP contribution in [-0.2, 0) is 19.4 Å². The molecule has 0 saturated carbocycles. The average Bonchev–Trinajstić information content (AvgIpc) is 3.00. The van der Waals surface area contributed by atoms with E-state index in [0.29, 0.717) is 11.8 Å². The molecule has 1 fully saturated rings. The Balaban J connectivity index is 1.73. The Kier molecular flexibility index (Phi) is 5.29. The van der Waals surface area contributed by atoms with Crippen molar-refractivity contribution in [2.75, 3.05) is 18.6 Å². The Morgan fingerprint density at radius 2 is 2.00 bits per heavy atom. The monoisotopic (exact) mass is 407 g/mol. The van der Waals surface area contributed by atoms with Crippen LogP contribution in [0.4, 0.5) is 0 Å². The number of hydrogen-bond acceptors (Lipinski definition) is 7. The van der Waals surface area contributed by atoms with Gasteiger partial charge in [-0.25, -0.2) is 13.2 Å². The third-order valence-electron chi connectivity index (χ3n) is 4.82. The summed E-state index contributed by atoms with van der Waals surface area (Å²) in [6.45, 7) is 3.23. The lowest BCUT2D eigenvalue weighted by Gasteiger charge is -2.26. The van der Waals surface area contributed by atoms with E-state index >= 15 is 0 Å².